The lowest BCUT2D eigenvalue weighted by atomic mass is 10.2. The van der Waals surface area contributed by atoms with Gasteiger partial charge in [-0.1, -0.05) is 30.7 Å². The molecule has 0 aliphatic rings. The first-order valence-electron chi connectivity index (χ1n) is 5.46. The molecule has 0 unspecified atom stereocenters. The molecule has 1 rings (SSSR count). The van der Waals surface area contributed by atoms with Crippen molar-refractivity contribution >= 4 is 21.6 Å². The van der Waals surface area contributed by atoms with Gasteiger partial charge < -0.3 is 5.32 Å². The van der Waals surface area contributed by atoms with Crippen LogP contribution in [0, 0.1) is 0 Å². The van der Waals surface area contributed by atoms with Crippen molar-refractivity contribution in [2.75, 3.05) is 18.8 Å². The molecule has 6 heteroatoms. The molecule has 0 bridgehead atoms. The number of hydrogen-bond acceptors (Lipinski definition) is 3. The fraction of sp³-hybridized carbons (Fsp3) is 0.455. The van der Waals surface area contributed by atoms with E-state index >= 15 is 0 Å². The lowest BCUT2D eigenvalue weighted by Crippen LogP contribution is -2.31. The van der Waals surface area contributed by atoms with Crippen molar-refractivity contribution in [1.82, 2.24) is 10.0 Å². The van der Waals surface area contributed by atoms with Crippen molar-refractivity contribution in [3.8, 4) is 0 Å². The van der Waals surface area contributed by atoms with Crippen molar-refractivity contribution < 1.29 is 8.42 Å². The van der Waals surface area contributed by atoms with Gasteiger partial charge in [-0.25, -0.2) is 13.1 Å². The molecule has 1 aromatic rings. The van der Waals surface area contributed by atoms with Crippen LogP contribution in [-0.2, 0) is 16.6 Å². The maximum atomic E-state index is 11.3. The third-order valence-electron chi connectivity index (χ3n) is 2.13. The van der Waals surface area contributed by atoms with Crippen LogP contribution in [0.5, 0.6) is 0 Å². The summed E-state index contributed by atoms with van der Waals surface area (Å²) < 4.78 is 25.1. The lowest BCUT2D eigenvalue weighted by molar-refractivity contribution is 0.579. The van der Waals surface area contributed by atoms with Crippen LogP contribution in [0.15, 0.2) is 24.3 Å². The van der Waals surface area contributed by atoms with E-state index < -0.39 is 10.0 Å². The van der Waals surface area contributed by atoms with Gasteiger partial charge in [-0.15, -0.1) is 0 Å². The number of benzene rings is 1. The summed E-state index contributed by atoms with van der Waals surface area (Å²) >= 11 is 5.84. The topological polar surface area (TPSA) is 58.2 Å². The average Bonchev–Trinajstić information content (AvgIpc) is 2.24. The summed E-state index contributed by atoms with van der Waals surface area (Å²) in [5, 5.41) is 3.75. The molecular formula is C11H17ClN2O2S. The Morgan fingerprint density at radius 3 is 2.76 bits per heavy atom. The monoisotopic (exact) mass is 276 g/mol. The number of hydrogen-bond donors (Lipinski definition) is 2. The minimum Gasteiger partial charge on any atom is -0.312 e. The maximum absolute atomic E-state index is 11.3. The maximum Gasteiger partial charge on any atom is 0.212 e. The van der Waals surface area contributed by atoms with E-state index in [0.717, 1.165) is 5.56 Å². The predicted molar refractivity (Wildman–Crippen MR) is 70.6 cm³/mol. The highest BCUT2D eigenvalue weighted by Gasteiger charge is 2.06. The number of rotatable bonds is 7. The summed E-state index contributed by atoms with van der Waals surface area (Å²) in [6, 6.07) is 7.47. The highest BCUT2D eigenvalue weighted by molar-refractivity contribution is 7.89. The second-order valence-electron chi connectivity index (χ2n) is 3.62. The number of sulfonamides is 1. The molecule has 0 aliphatic carbocycles. The summed E-state index contributed by atoms with van der Waals surface area (Å²) in [6.07, 6.45) is 0. The molecule has 0 spiro atoms. The summed E-state index contributed by atoms with van der Waals surface area (Å²) in [6.45, 7) is 3.22. The van der Waals surface area contributed by atoms with Crippen molar-refractivity contribution in [3.05, 3.63) is 34.9 Å². The van der Waals surface area contributed by atoms with Gasteiger partial charge in [0.05, 0.1) is 5.75 Å². The summed E-state index contributed by atoms with van der Waals surface area (Å²) in [7, 11) is -3.13. The Morgan fingerprint density at radius 2 is 2.12 bits per heavy atom. The van der Waals surface area contributed by atoms with Crippen molar-refractivity contribution in [3.63, 3.8) is 0 Å². The van der Waals surface area contributed by atoms with Crippen LogP contribution in [-0.4, -0.2) is 27.3 Å². The molecule has 0 saturated heterocycles. The molecule has 0 aliphatic heterocycles. The summed E-state index contributed by atoms with van der Waals surface area (Å²) in [4.78, 5) is 0. The van der Waals surface area contributed by atoms with Crippen LogP contribution < -0.4 is 10.0 Å². The third kappa shape index (κ3) is 6.02. The zero-order valence-corrected chi connectivity index (χ0v) is 11.3. The van der Waals surface area contributed by atoms with Gasteiger partial charge in [0.1, 0.15) is 0 Å². The van der Waals surface area contributed by atoms with E-state index in [4.69, 9.17) is 11.6 Å². The highest BCUT2D eigenvalue weighted by atomic mass is 35.5. The standard InChI is InChI=1S/C11H17ClN2O2S/c1-2-14-17(15,16)7-6-13-9-10-4-3-5-11(12)8-10/h3-5,8,13-14H,2,6-7,9H2,1H3. The number of halogens is 1. The molecule has 17 heavy (non-hydrogen) atoms. The van der Waals surface area contributed by atoms with Gasteiger partial charge in [0.2, 0.25) is 10.0 Å². The quantitative estimate of drug-likeness (QED) is 0.740. The molecule has 0 radical (unpaired) electrons. The summed E-state index contributed by atoms with van der Waals surface area (Å²) in [5.74, 6) is 0.0847. The van der Waals surface area contributed by atoms with E-state index in [-0.39, 0.29) is 5.75 Å². The minimum atomic E-state index is -3.13. The molecule has 0 amide bonds. The van der Waals surface area contributed by atoms with Crippen molar-refractivity contribution in [2.24, 2.45) is 0 Å². The molecule has 0 aromatic heterocycles. The van der Waals surface area contributed by atoms with E-state index in [1.807, 2.05) is 18.2 Å². The van der Waals surface area contributed by atoms with E-state index in [2.05, 4.69) is 10.0 Å². The molecule has 0 fully saturated rings. The lowest BCUT2D eigenvalue weighted by Gasteiger charge is -2.06. The van der Waals surface area contributed by atoms with Crippen LogP contribution in [0.25, 0.3) is 0 Å². The Kier molecular flexibility index (Phi) is 5.91. The fourth-order valence-electron chi connectivity index (χ4n) is 1.38. The second kappa shape index (κ2) is 6.96. The highest BCUT2D eigenvalue weighted by Crippen LogP contribution is 2.09. The first-order chi connectivity index (χ1) is 8.03. The van der Waals surface area contributed by atoms with Gasteiger partial charge in [-0.2, -0.15) is 0 Å². The smallest absolute Gasteiger partial charge is 0.212 e. The van der Waals surface area contributed by atoms with E-state index in [0.29, 0.717) is 24.7 Å². The minimum absolute atomic E-state index is 0.0847. The average molecular weight is 277 g/mol. The van der Waals surface area contributed by atoms with Crippen LogP contribution in [0.4, 0.5) is 0 Å². The zero-order valence-electron chi connectivity index (χ0n) is 9.74. The fourth-order valence-corrected chi connectivity index (χ4v) is 2.59. The summed E-state index contributed by atoms with van der Waals surface area (Å²) in [5.41, 5.74) is 1.04. The van der Waals surface area contributed by atoms with Gasteiger partial charge in [0, 0.05) is 24.7 Å². The normalized spacial score (nSPS) is 11.6. The van der Waals surface area contributed by atoms with Crippen LogP contribution in [0.1, 0.15) is 12.5 Å². The Balaban J connectivity index is 2.29. The molecule has 1 aromatic carbocycles. The van der Waals surface area contributed by atoms with Gasteiger partial charge >= 0.3 is 0 Å². The third-order valence-corrected chi connectivity index (χ3v) is 3.84. The largest absolute Gasteiger partial charge is 0.312 e. The van der Waals surface area contributed by atoms with Crippen LogP contribution in [0.2, 0.25) is 5.02 Å². The Hall–Kier alpha value is -0.620. The Bertz CT molecular complexity index is 449. The SMILES string of the molecule is CCNS(=O)(=O)CCNCc1cccc(Cl)c1. The van der Waals surface area contributed by atoms with Crippen molar-refractivity contribution in [2.45, 2.75) is 13.5 Å². The van der Waals surface area contributed by atoms with Crippen LogP contribution in [0.3, 0.4) is 0 Å². The van der Waals surface area contributed by atoms with E-state index in [1.165, 1.54) is 0 Å². The van der Waals surface area contributed by atoms with Gasteiger partial charge in [0.15, 0.2) is 0 Å². The van der Waals surface area contributed by atoms with Crippen molar-refractivity contribution in [1.29, 1.82) is 0 Å². The first kappa shape index (κ1) is 14.4. The number of nitrogens with one attached hydrogen (secondary N) is 2. The predicted octanol–water partition coefficient (Wildman–Crippen LogP) is 1.37. The molecular weight excluding hydrogens is 260 g/mol. The first-order valence-corrected chi connectivity index (χ1v) is 7.49. The van der Waals surface area contributed by atoms with Crippen LogP contribution >= 0.6 is 11.6 Å². The Morgan fingerprint density at radius 1 is 1.35 bits per heavy atom. The molecule has 0 heterocycles. The van der Waals surface area contributed by atoms with E-state index in [9.17, 15) is 8.42 Å². The van der Waals surface area contributed by atoms with Gasteiger partial charge in [-0.3, -0.25) is 0 Å². The zero-order chi connectivity index (χ0) is 12.7. The van der Waals surface area contributed by atoms with Gasteiger partial charge in [-0.05, 0) is 17.7 Å². The molecule has 0 atom stereocenters. The molecule has 4 nitrogen and oxygen atoms in total. The molecule has 0 saturated carbocycles. The second-order valence-corrected chi connectivity index (χ2v) is 5.99. The van der Waals surface area contributed by atoms with Gasteiger partial charge in [0.25, 0.3) is 0 Å². The molecule has 96 valence electrons. The van der Waals surface area contributed by atoms with E-state index in [1.54, 1.807) is 13.0 Å². The molecule has 2 N–H and O–H groups in total. The Labute approximate surface area is 107 Å².